The van der Waals surface area contributed by atoms with E-state index in [1.165, 1.54) is 22.1 Å². The van der Waals surface area contributed by atoms with E-state index in [9.17, 15) is 0 Å². The minimum Gasteiger partial charge on any atom is -0.456 e. The zero-order valence-corrected chi connectivity index (χ0v) is 26.5. The normalized spacial score (nSPS) is 11.7. The fourth-order valence-electron chi connectivity index (χ4n) is 7.37. The van der Waals surface area contributed by atoms with Gasteiger partial charge in [-0.1, -0.05) is 127 Å². The van der Waals surface area contributed by atoms with Crippen LogP contribution in [0.4, 0.5) is 17.1 Å². The predicted octanol–water partition coefficient (Wildman–Crippen LogP) is 13.4. The third kappa shape index (κ3) is 4.44. The number of benzene rings is 8. The van der Waals surface area contributed by atoms with E-state index in [0.717, 1.165) is 71.9 Å². The number of fused-ring (bicyclic) bond motifs is 7. The van der Waals surface area contributed by atoms with Crippen molar-refractivity contribution in [2.75, 3.05) is 4.90 Å². The molecule has 8 aromatic carbocycles. The monoisotopic (exact) mass is 627 g/mol. The van der Waals surface area contributed by atoms with Gasteiger partial charge < -0.3 is 13.7 Å². The summed E-state index contributed by atoms with van der Waals surface area (Å²) in [5.41, 5.74) is 11.4. The van der Waals surface area contributed by atoms with Crippen molar-refractivity contribution in [3.05, 3.63) is 176 Å². The van der Waals surface area contributed by atoms with Gasteiger partial charge in [-0.15, -0.1) is 0 Å². The summed E-state index contributed by atoms with van der Waals surface area (Å²) in [5.74, 6) is 0. The van der Waals surface area contributed by atoms with Gasteiger partial charge in [-0.05, 0) is 76.2 Å². The van der Waals surface area contributed by atoms with Gasteiger partial charge in [-0.3, -0.25) is 0 Å². The van der Waals surface area contributed by atoms with Crippen molar-refractivity contribution in [3.63, 3.8) is 0 Å². The molecule has 3 heteroatoms. The average Bonchev–Trinajstić information content (AvgIpc) is 3.74. The molecule has 0 saturated heterocycles. The van der Waals surface area contributed by atoms with Crippen molar-refractivity contribution in [2.24, 2.45) is 0 Å². The Hall–Kier alpha value is -6.58. The summed E-state index contributed by atoms with van der Waals surface area (Å²) >= 11 is 0. The quantitative estimate of drug-likeness (QED) is 0.190. The molecule has 0 N–H and O–H groups in total. The first-order chi connectivity index (χ1) is 24.3. The molecule has 0 aliphatic rings. The summed E-state index contributed by atoms with van der Waals surface area (Å²) in [7, 11) is 0. The molecule has 0 spiro atoms. The number of para-hydroxylation sites is 3. The van der Waals surface area contributed by atoms with Crippen LogP contribution in [-0.4, -0.2) is 0 Å². The summed E-state index contributed by atoms with van der Waals surface area (Å²) in [6.07, 6.45) is 0. The molecule has 3 nitrogen and oxygen atoms in total. The maximum atomic E-state index is 6.62. The van der Waals surface area contributed by atoms with E-state index in [1.54, 1.807) is 0 Å². The van der Waals surface area contributed by atoms with Gasteiger partial charge in [-0.25, -0.2) is 0 Å². The standard InChI is InChI=1S/C46H29NO2/c1-2-11-30(12-3-1)31-21-24-33(25-22-31)47(42-18-10-17-39-37-15-6-9-20-44(37)49-46(39)42)41-27-26-34(35-13-4-5-14-36(35)41)32-23-28-45-40(29-32)38-16-7-8-19-43(38)48-45/h1-29H. The third-order valence-electron chi connectivity index (χ3n) is 9.69. The summed E-state index contributed by atoms with van der Waals surface area (Å²) in [6.45, 7) is 0. The van der Waals surface area contributed by atoms with E-state index >= 15 is 0 Å². The van der Waals surface area contributed by atoms with Crippen LogP contribution >= 0.6 is 0 Å². The van der Waals surface area contributed by atoms with Crippen LogP contribution < -0.4 is 4.90 Å². The number of nitrogens with zero attached hydrogens (tertiary/aromatic N) is 1. The van der Waals surface area contributed by atoms with Gasteiger partial charge in [0.1, 0.15) is 16.7 Å². The number of anilines is 3. The van der Waals surface area contributed by atoms with Crippen LogP contribution in [0.1, 0.15) is 0 Å². The molecule has 0 radical (unpaired) electrons. The molecule has 0 fully saturated rings. The van der Waals surface area contributed by atoms with E-state index in [4.69, 9.17) is 8.83 Å². The molecule has 0 saturated carbocycles. The van der Waals surface area contributed by atoms with E-state index < -0.39 is 0 Å². The molecule has 10 aromatic rings. The topological polar surface area (TPSA) is 29.5 Å². The lowest BCUT2D eigenvalue weighted by atomic mass is 9.95. The van der Waals surface area contributed by atoms with Gasteiger partial charge in [0.25, 0.3) is 0 Å². The molecule has 0 aliphatic heterocycles. The molecule has 2 aromatic heterocycles. The number of furan rings is 2. The highest BCUT2D eigenvalue weighted by molar-refractivity contribution is 6.13. The van der Waals surface area contributed by atoms with Crippen molar-refractivity contribution in [2.45, 2.75) is 0 Å². The largest absolute Gasteiger partial charge is 0.456 e. The summed E-state index contributed by atoms with van der Waals surface area (Å²) in [5, 5.41) is 6.79. The zero-order chi connectivity index (χ0) is 32.3. The summed E-state index contributed by atoms with van der Waals surface area (Å²) in [4.78, 5) is 2.35. The Morgan fingerprint density at radius 3 is 1.71 bits per heavy atom. The summed E-state index contributed by atoms with van der Waals surface area (Å²) < 4.78 is 12.8. The lowest BCUT2D eigenvalue weighted by Gasteiger charge is -2.27. The van der Waals surface area contributed by atoms with Gasteiger partial charge in [0, 0.05) is 32.6 Å². The first-order valence-corrected chi connectivity index (χ1v) is 16.6. The van der Waals surface area contributed by atoms with Gasteiger partial charge in [-0.2, -0.15) is 0 Å². The maximum absolute atomic E-state index is 6.62. The first-order valence-electron chi connectivity index (χ1n) is 16.6. The van der Waals surface area contributed by atoms with Crippen LogP contribution in [-0.2, 0) is 0 Å². The average molecular weight is 628 g/mol. The molecule has 230 valence electrons. The van der Waals surface area contributed by atoms with Gasteiger partial charge in [0.2, 0.25) is 0 Å². The van der Waals surface area contributed by atoms with Crippen LogP contribution in [0.15, 0.2) is 185 Å². The van der Waals surface area contributed by atoms with E-state index in [-0.39, 0.29) is 0 Å². The lowest BCUT2D eigenvalue weighted by Crippen LogP contribution is -2.11. The molecule has 2 heterocycles. The molecule has 0 aliphatic carbocycles. The Morgan fingerprint density at radius 1 is 0.327 bits per heavy atom. The molecule has 0 unspecified atom stereocenters. The first kappa shape index (κ1) is 27.5. The number of rotatable bonds is 5. The Morgan fingerprint density at radius 2 is 0.918 bits per heavy atom. The SMILES string of the molecule is c1ccc(-c2ccc(N(c3ccc(-c4ccc5oc6ccccc6c5c4)c4ccccc34)c3cccc4c3oc3ccccc34)cc2)cc1. The number of hydrogen-bond donors (Lipinski definition) is 0. The second kappa shape index (κ2) is 11.0. The van der Waals surface area contributed by atoms with Gasteiger partial charge in [0.15, 0.2) is 5.58 Å². The van der Waals surface area contributed by atoms with Crippen LogP contribution in [0.25, 0.3) is 76.9 Å². The molecule has 0 amide bonds. The molecule has 10 rings (SSSR count). The van der Waals surface area contributed by atoms with E-state index in [2.05, 4.69) is 157 Å². The zero-order valence-electron chi connectivity index (χ0n) is 26.5. The highest BCUT2D eigenvalue weighted by atomic mass is 16.3. The summed E-state index contributed by atoms with van der Waals surface area (Å²) in [6, 6.07) is 62.1. The molecule has 0 bridgehead atoms. The maximum Gasteiger partial charge on any atom is 0.159 e. The van der Waals surface area contributed by atoms with E-state index in [1.807, 2.05) is 24.3 Å². The molecule has 0 atom stereocenters. The minimum atomic E-state index is 0.862. The highest BCUT2D eigenvalue weighted by Crippen LogP contribution is 2.46. The van der Waals surface area contributed by atoms with Crippen molar-refractivity contribution in [3.8, 4) is 22.3 Å². The Labute approximate surface area is 282 Å². The minimum absolute atomic E-state index is 0.862. The molecular formula is C46H29NO2. The van der Waals surface area contributed by atoms with Crippen molar-refractivity contribution < 1.29 is 8.83 Å². The van der Waals surface area contributed by atoms with Crippen LogP contribution in [0.5, 0.6) is 0 Å². The van der Waals surface area contributed by atoms with Crippen molar-refractivity contribution >= 4 is 71.7 Å². The van der Waals surface area contributed by atoms with Gasteiger partial charge >= 0.3 is 0 Å². The van der Waals surface area contributed by atoms with Crippen LogP contribution in [0.3, 0.4) is 0 Å². The van der Waals surface area contributed by atoms with Crippen molar-refractivity contribution in [1.29, 1.82) is 0 Å². The van der Waals surface area contributed by atoms with E-state index in [0.29, 0.717) is 0 Å². The fourth-order valence-corrected chi connectivity index (χ4v) is 7.37. The Bertz CT molecular complexity index is 2830. The Kier molecular flexibility index (Phi) is 6.18. The fraction of sp³-hybridized carbons (Fsp3) is 0. The molecule has 49 heavy (non-hydrogen) atoms. The Balaban J connectivity index is 1.20. The smallest absolute Gasteiger partial charge is 0.159 e. The van der Waals surface area contributed by atoms with Gasteiger partial charge in [0.05, 0.1) is 11.4 Å². The van der Waals surface area contributed by atoms with Crippen molar-refractivity contribution in [1.82, 2.24) is 0 Å². The predicted molar refractivity (Wildman–Crippen MR) is 204 cm³/mol. The second-order valence-corrected chi connectivity index (χ2v) is 12.5. The highest BCUT2D eigenvalue weighted by Gasteiger charge is 2.22. The third-order valence-corrected chi connectivity index (χ3v) is 9.69. The lowest BCUT2D eigenvalue weighted by molar-refractivity contribution is 0.668. The molecular weight excluding hydrogens is 599 g/mol. The second-order valence-electron chi connectivity index (χ2n) is 12.5. The number of hydrogen-bond acceptors (Lipinski definition) is 3. The van der Waals surface area contributed by atoms with Crippen LogP contribution in [0, 0.1) is 0 Å². The van der Waals surface area contributed by atoms with Crippen LogP contribution in [0.2, 0.25) is 0 Å².